The molecule has 0 bridgehead atoms. The van der Waals surface area contributed by atoms with Crippen LogP contribution in [0.1, 0.15) is 40.0 Å². The van der Waals surface area contributed by atoms with Gasteiger partial charge in [0.05, 0.1) is 0 Å². The average molecular weight is 298 g/mol. The lowest BCUT2D eigenvalue weighted by Crippen LogP contribution is -2.66. The summed E-state index contributed by atoms with van der Waals surface area (Å²) in [4.78, 5) is 11.5. The van der Waals surface area contributed by atoms with Crippen molar-refractivity contribution in [2.75, 3.05) is 13.7 Å². The van der Waals surface area contributed by atoms with Crippen molar-refractivity contribution in [3.63, 3.8) is 0 Å². The molecule has 0 aromatic carbocycles. The maximum Gasteiger partial charge on any atom is 0.305 e. The van der Waals surface area contributed by atoms with Crippen molar-refractivity contribution in [3.05, 3.63) is 0 Å². The molecule has 7 atom stereocenters. The molecule has 1 spiro atoms. The van der Waals surface area contributed by atoms with Gasteiger partial charge in [-0.2, -0.15) is 0 Å². The quantitative estimate of drug-likeness (QED) is 0.732. The Balaban J connectivity index is 1.99. The Kier molecular flexibility index (Phi) is 4.01. The molecule has 2 saturated heterocycles. The fraction of sp³-hybridized carbons (Fsp3) is 0.938. The summed E-state index contributed by atoms with van der Waals surface area (Å²) in [5, 5.41) is 0. The predicted octanol–water partition coefficient (Wildman–Crippen LogP) is 2.34. The van der Waals surface area contributed by atoms with Crippen LogP contribution < -0.4 is 0 Å². The lowest BCUT2D eigenvalue weighted by Gasteiger charge is -2.56. The zero-order chi connectivity index (χ0) is 15.2. The van der Waals surface area contributed by atoms with E-state index in [0.29, 0.717) is 17.8 Å². The van der Waals surface area contributed by atoms with Crippen molar-refractivity contribution in [1.29, 1.82) is 0 Å². The van der Waals surface area contributed by atoms with Crippen LogP contribution in [0.25, 0.3) is 0 Å². The summed E-state index contributed by atoms with van der Waals surface area (Å²) in [6, 6.07) is 0. The number of esters is 1. The standard InChI is InChI=1S/C16H26O5/c1-9-5-6-13-10(2)14(18-4)21-15(20-11(3)17)16(13)12(9)7-8-19-16/h9-10,12-15H,5-8H2,1-4H3/t9-,10-,12+,13+,14+,15-,16-/m1/s1. The molecule has 0 aromatic rings. The van der Waals surface area contributed by atoms with Crippen molar-refractivity contribution in [2.45, 2.75) is 58.2 Å². The molecule has 1 saturated carbocycles. The van der Waals surface area contributed by atoms with E-state index in [1.54, 1.807) is 7.11 Å². The Morgan fingerprint density at radius 1 is 1.19 bits per heavy atom. The second-order valence-corrected chi connectivity index (χ2v) is 6.80. The van der Waals surface area contributed by atoms with Gasteiger partial charge in [-0.15, -0.1) is 0 Å². The van der Waals surface area contributed by atoms with Gasteiger partial charge in [0.1, 0.15) is 5.60 Å². The van der Waals surface area contributed by atoms with E-state index in [2.05, 4.69) is 13.8 Å². The van der Waals surface area contributed by atoms with Gasteiger partial charge in [-0.05, 0) is 31.1 Å². The molecule has 0 amide bonds. The van der Waals surface area contributed by atoms with Crippen molar-refractivity contribution in [3.8, 4) is 0 Å². The van der Waals surface area contributed by atoms with E-state index in [4.69, 9.17) is 18.9 Å². The van der Waals surface area contributed by atoms with Crippen LogP contribution in [0.3, 0.4) is 0 Å². The van der Waals surface area contributed by atoms with Gasteiger partial charge < -0.3 is 18.9 Å². The molecular formula is C16H26O5. The molecule has 2 heterocycles. The third kappa shape index (κ3) is 2.21. The average Bonchev–Trinajstić information content (AvgIpc) is 2.88. The van der Waals surface area contributed by atoms with Crippen molar-refractivity contribution in [2.24, 2.45) is 23.7 Å². The monoisotopic (exact) mass is 298 g/mol. The molecule has 5 nitrogen and oxygen atoms in total. The van der Waals surface area contributed by atoms with Gasteiger partial charge in [0.15, 0.2) is 6.29 Å². The van der Waals surface area contributed by atoms with Gasteiger partial charge in [-0.3, -0.25) is 4.79 Å². The largest absolute Gasteiger partial charge is 0.433 e. The Bertz CT molecular complexity index is 411. The lowest BCUT2D eigenvalue weighted by molar-refractivity contribution is -0.364. The number of methoxy groups -OCH3 is 1. The third-order valence-corrected chi connectivity index (χ3v) is 5.76. The highest BCUT2D eigenvalue weighted by Crippen LogP contribution is 2.57. The van der Waals surface area contributed by atoms with Gasteiger partial charge in [0, 0.05) is 32.5 Å². The maximum absolute atomic E-state index is 11.5. The van der Waals surface area contributed by atoms with E-state index in [1.165, 1.54) is 13.3 Å². The van der Waals surface area contributed by atoms with Crippen LogP contribution in [0.4, 0.5) is 0 Å². The Hall–Kier alpha value is -0.650. The molecule has 3 fully saturated rings. The summed E-state index contributed by atoms with van der Waals surface area (Å²) < 4.78 is 23.2. The number of ether oxygens (including phenoxy) is 4. The van der Waals surface area contributed by atoms with Crippen LogP contribution in [0.5, 0.6) is 0 Å². The molecule has 0 unspecified atom stereocenters. The molecule has 2 aliphatic heterocycles. The van der Waals surface area contributed by atoms with Gasteiger partial charge in [-0.1, -0.05) is 13.8 Å². The third-order valence-electron chi connectivity index (χ3n) is 5.76. The van der Waals surface area contributed by atoms with E-state index in [9.17, 15) is 4.79 Å². The lowest BCUT2D eigenvalue weighted by atomic mass is 9.59. The highest BCUT2D eigenvalue weighted by molar-refractivity contribution is 5.66. The molecule has 0 radical (unpaired) electrons. The first-order valence-corrected chi connectivity index (χ1v) is 8.00. The minimum Gasteiger partial charge on any atom is -0.433 e. The Labute approximate surface area is 126 Å². The molecule has 120 valence electrons. The van der Waals surface area contributed by atoms with Crippen LogP contribution in [-0.2, 0) is 23.7 Å². The van der Waals surface area contributed by atoms with Crippen LogP contribution in [0.2, 0.25) is 0 Å². The zero-order valence-corrected chi connectivity index (χ0v) is 13.3. The van der Waals surface area contributed by atoms with E-state index >= 15 is 0 Å². The highest BCUT2D eigenvalue weighted by atomic mass is 16.8. The van der Waals surface area contributed by atoms with E-state index in [0.717, 1.165) is 19.4 Å². The molecule has 21 heavy (non-hydrogen) atoms. The van der Waals surface area contributed by atoms with Crippen LogP contribution in [-0.4, -0.2) is 37.9 Å². The summed E-state index contributed by atoms with van der Waals surface area (Å²) >= 11 is 0. The van der Waals surface area contributed by atoms with E-state index in [-0.39, 0.29) is 18.2 Å². The smallest absolute Gasteiger partial charge is 0.305 e. The Morgan fingerprint density at radius 3 is 2.62 bits per heavy atom. The highest BCUT2D eigenvalue weighted by Gasteiger charge is 2.65. The number of rotatable bonds is 2. The fourth-order valence-electron chi connectivity index (χ4n) is 4.85. The first-order chi connectivity index (χ1) is 10.0. The first-order valence-electron chi connectivity index (χ1n) is 8.00. The number of carbonyl (C=O) groups excluding carboxylic acids is 1. The first kappa shape index (κ1) is 15.3. The summed E-state index contributed by atoms with van der Waals surface area (Å²) in [5.41, 5.74) is -0.488. The van der Waals surface area contributed by atoms with Gasteiger partial charge in [0.2, 0.25) is 6.29 Å². The van der Waals surface area contributed by atoms with Crippen LogP contribution in [0.15, 0.2) is 0 Å². The summed E-state index contributed by atoms with van der Waals surface area (Å²) in [6.45, 7) is 6.57. The SMILES string of the molecule is CO[C@H]1O[C@@H](OC(C)=O)[C@@]23OCC[C@H]2[C@H](C)CC[C@H]3[C@H]1C. The zero-order valence-electron chi connectivity index (χ0n) is 13.3. The second-order valence-electron chi connectivity index (χ2n) is 6.80. The van der Waals surface area contributed by atoms with Gasteiger partial charge in [0.25, 0.3) is 0 Å². The number of carbonyl (C=O) groups is 1. The molecule has 3 aliphatic rings. The van der Waals surface area contributed by atoms with E-state index < -0.39 is 11.9 Å². The van der Waals surface area contributed by atoms with Crippen molar-refractivity contribution in [1.82, 2.24) is 0 Å². The fourth-order valence-corrected chi connectivity index (χ4v) is 4.85. The number of hydrogen-bond donors (Lipinski definition) is 0. The maximum atomic E-state index is 11.5. The van der Waals surface area contributed by atoms with Crippen molar-refractivity contribution < 1.29 is 23.7 Å². The Morgan fingerprint density at radius 2 is 1.95 bits per heavy atom. The van der Waals surface area contributed by atoms with Crippen LogP contribution >= 0.6 is 0 Å². The summed E-state index contributed by atoms with van der Waals surface area (Å²) in [5.74, 6) is 1.17. The topological polar surface area (TPSA) is 54.0 Å². The summed E-state index contributed by atoms with van der Waals surface area (Å²) in [7, 11) is 1.64. The minimum atomic E-state index is -0.656. The molecule has 1 aliphatic carbocycles. The van der Waals surface area contributed by atoms with Crippen molar-refractivity contribution >= 4 is 5.97 Å². The molecule has 3 rings (SSSR count). The normalized spacial score (nSPS) is 49.3. The number of hydrogen-bond acceptors (Lipinski definition) is 5. The second kappa shape index (κ2) is 5.52. The van der Waals surface area contributed by atoms with Crippen LogP contribution in [0, 0.1) is 23.7 Å². The molecule has 0 N–H and O–H groups in total. The van der Waals surface area contributed by atoms with Gasteiger partial charge >= 0.3 is 5.97 Å². The molecule has 5 heteroatoms. The minimum absolute atomic E-state index is 0.231. The molecular weight excluding hydrogens is 272 g/mol. The molecule has 0 aromatic heterocycles. The van der Waals surface area contributed by atoms with Gasteiger partial charge in [-0.25, -0.2) is 0 Å². The summed E-state index contributed by atoms with van der Waals surface area (Å²) in [6.07, 6.45) is 2.27. The predicted molar refractivity (Wildman–Crippen MR) is 75.3 cm³/mol. The van der Waals surface area contributed by atoms with E-state index in [1.807, 2.05) is 0 Å².